The van der Waals surface area contributed by atoms with Crippen LogP contribution in [0.25, 0.3) is 17.3 Å². The van der Waals surface area contributed by atoms with Crippen molar-refractivity contribution >= 4 is 40.7 Å². The highest BCUT2D eigenvalue weighted by molar-refractivity contribution is 8.18. The van der Waals surface area contributed by atoms with Crippen LogP contribution in [0.3, 0.4) is 0 Å². The summed E-state index contributed by atoms with van der Waals surface area (Å²) < 4.78 is 11.3. The number of nitrogens with zero attached hydrogens (tertiary/aromatic N) is 3. The lowest BCUT2D eigenvalue weighted by Gasteiger charge is -2.12. The second kappa shape index (κ2) is 11.1. The van der Waals surface area contributed by atoms with E-state index in [0.717, 1.165) is 35.1 Å². The molecule has 10 heteroatoms. The maximum absolute atomic E-state index is 11.8. The molecule has 4 rings (SSSR count). The summed E-state index contributed by atoms with van der Waals surface area (Å²) in [5.41, 5.74) is 2.18. The quantitative estimate of drug-likeness (QED) is 0.236. The monoisotopic (exact) mass is 504 g/mol. The topological polar surface area (TPSA) is 114 Å². The Labute approximate surface area is 210 Å². The highest BCUT2D eigenvalue weighted by Crippen LogP contribution is 2.34. The highest BCUT2D eigenvalue weighted by Gasteiger charge is 2.25. The summed E-state index contributed by atoms with van der Waals surface area (Å²) in [4.78, 5) is 32.6. The summed E-state index contributed by atoms with van der Waals surface area (Å²) in [6.07, 6.45) is 2.57. The molecule has 1 aromatic heterocycles. The van der Waals surface area contributed by atoms with Gasteiger partial charge in [-0.15, -0.1) is 0 Å². The molecule has 1 aliphatic rings. The number of benzene rings is 2. The van der Waals surface area contributed by atoms with Crippen LogP contribution in [0.5, 0.6) is 17.4 Å². The van der Waals surface area contributed by atoms with E-state index < -0.39 is 11.1 Å². The van der Waals surface area contributed by atoms with Crippen molar-refractivity contribution in [1.29, 1.82) is 5.26 Å². The molecule has 0 saturated carbocycles. The summed E-state index contributed by atoms with van der Waals surface area (Å²) in [6, 6.07) is 16.4. The Balaban J connectivity index is 1.66. The van der Waals surface area contributed by atoms with Gasteiger partial charge >= 0.3 is 0 Å². The van der Waals surface area contributed by atoms with Gasteiger partial charge in [0.2, 0.25) is 5.88 Å². The van der Waals surface area contributed by atoms with E-state index in [1.165, 1.54) is 11.8 Å². The molecule has 1 aliphatic heterocycles. The zero-order valence-electron chi connectivity index (χ0n) is 18.9. The van der Waals surface area contributed by atoms with E-state index in [1.54, 1.807) is 37.5 Å². The number of amides is 2. The number of ether oxygens (including phenoxy) is 2. The largest absolute Gasteiger partial charge is 0.497 e. The van der Waals surface area contributed by atoms with Crippen LogP contribution in [0.2, 0.25) is 0 Å². The van der Waals surface area contributed by atoms with Gasteiger partial charge in [-0.3, -0.25) is 14.9 Å². The average Bonchev–Trinajstić information content (AvgIpc) is 3.19. The van der Waals surface area contributed by atoms with E-state index >= 15 is 0 Å². The molecule has 0 spiro atoms. The fraction of sp³-hybridized carbons (Fsp3) is 0.160. The fourth-order valence-corrected chi connectivity index (χ4v) is 4.50. The lowest BCUT2D eigenvalue weighted by molar-refractivity contribution is -0.115. The van der Waals surface area contributed by atoms with Crippen LogP contribution in [0, 0.1) is 11.3 Å². The van der Waals surface area contributed by atoms with Crippen molar-refractivity contribution < 1.29 is 19.1 Å². The third-order valence-electron chi connectivity index (χ3n) is 4.80. The Bertz CT molecular complexity index is 1330. The van der Waals surface area contributed by atoms with Crippen molar-refractivity contribution in [3.05, 3.63) is 64.6 Å². The molecule has 0 radical (unpaired) electrons. The maximum atomic E-state index is 11.8. The van der Waals surface area contributed by atoms with E-state index in [9.17, 15) is 14.9 Å². The van der Waals surface area contributed by atoms with Gasteiger partial charge in [0.1, 0.15) is 23.1 Å². The Morgan fingerprint density at radius 2 is 1.80 bits per heavy atom. The number of hydrogen-bond donors (Lipinski definition) is 1. The van der Waals surface area contributed by atoms with E-state index in [4.69, 9.17) is 9.47 Å². The zero-order valence-corrected chi connectivity index (χ0v) is 20.5. The molecule has 2 aromatic carbocycles. The first-order chi connectivity index (χ1) is 17.0. The number of hydrogen-bond acceptors (Lipinski definition) is 9. The molecule has 35 heavy (non-hydrogen) atoms. The summed E-state index contributed by atoms with van der Waals surface area (Å²) in [5, 5.41) is 12.3. The number of thioether (sulfide) groups is 2. The molecule has 2 amide bonds. The standard InChI is InChI=1S/C25H20N4O4S2/c1-3-12-34-24-27-21(16-6-10-17(32-2)11-7-16)19(14-26)23(29-24)33-18-8-4-15(5-9-18)13-20-22(30)28-25(31)35-20/h4-11,13H,3,12H2,1-2H3,(H,28,30,31)/b20-13+. The number of imide groups is 1. The summed E-state index contributed by atoms with van der Waals surface area (Å²) in [7, 11) is 1.59. The number of carbonyl (C=O) groups excluding carboxylic acids is 2. The van der Waals surface area contributed by atoms with Crippen LogP contribution >= 0.6 is 23.5 Å². The molecule has 176 valence electrons. The minimum atomic E-state index is -0.414. The lowest BCUT2D eigenvalue weighted by atomic mass is 10.1. The molecule has 0 unspecified atom stereocenters. The molecule has 2 heterocycles. The van der Waals surface area contributed by atoms with Crippen molar-refractivity contribution in [3.63, 3.8) is 0 Å². The van der Waals surface area contributed by atoms with Gasteiger partial charge in [0.05, 0.1) is 17.7 Å². The fourth-order valence-electron chi connectivity index (χ4n) is 3.13. The van der Waals surface area contributed by atoms with Crippen LogP contribution in [0.15, 0.2) is 58.6 Å². The van der Waals surface area contributed by atoms with Crippen molar-refractivity contribution in [2.24, 2.45) is 0 Å². The van der Waals surface area contributed by atoms with E-state index in [2.05, 4.69) is 28.3 Å². The predicted octanol–water partition coefficient (Wildman–Crippen LogP) is 5.64. The molecule has 8 nitrogen and oxygen atoms in total. The van der Waals surface area contributed by atoms with Gasteiger partial charge in [-0.25, -0.2) is 4.98 Å². The van der Waals surface area contributed by atoms with Crippen molar-refractivity contribution in [1.82, 2.24) is 15.3 Å². The number of carbonyl (C=O) groups is 2. The molecule has 0 aliphatic carbocycles. The lowest BCUT2D eigenvalue weighted by Crippen LogP contribution is -2.17. The summed E-state index contributed by atoms with van der Waals surface area (Å²) in [5.74, 6) is 1.74. The third kappa shape index (κ3) is 5.82. The number of aromatic nitrogens is 2. The second-order valence-electron chi connectivity index (χ2n) is 7.25. The average molecular weight is 505 g/mol. The van der Waals surface area contributed by atoms with E-state index in [1.807, 2.05) is 24.3 Å². The minimum absolute atomic E-state index is 0.161. The van der Waals surface area contributed by atoms with Crippen molar-refractivity contribution in [2.75, 3.05) is 12.9 Å². The van der Waals surface area contributed by atoms with Crippen LogP contribution in [0.1, 0.15) is 24.5 Å². The molecule has 3 aromatic rings. The summed E-state index contributed by atoms with van der Waals surface area (Å²) in [6.45, 7) is 2.07. The van der Waals surface area contributed by atoms with Gasteiger partial charge in [-0.2, -0.15) is 10.2 Å². The molecular formula is C25H20N4O4S2. The third-order valence-corrected chi connectivity index (χ3v) is 6.66. The Morgan fingerprint density at radius 3 is 2.40 bits per heavy atom. The van der Waals surface area contributed by atoms with Crippen molar-refractivity contribution in [3.8, 4) is 34.7 Å². The first-order valence-electron chi connectivity index (χ1n) is 10.6. The smallest absolute Gasteiger partial charge is 0.290 e. The van der Waals surface area contributed by atoms with Gasteiger partial charge in [-0.1, -0.05) is 30.8 Å². The van der Waals surface area contributed by atoms with Gasteiger partial charge in [-0.05, 0) is 66.2 Å². The molecule has 0 atom stereocenters. The molecule has 1 fully saturated rings. The highest BCUT2D eigenvalue weighted by atomic mass is 32.2. The first kappa shape index (κ1) is 24.3. The first-order valence-corrected chi connectivity index (χ1v) is 12.4. The Hall–Kier alpha value is -3.81. The maximum Gasteiger partial charge on any atom is 0.290 e. The van der Waals surface area contributed by atoms with Crippen LogP contribution in [-0.4, -0.2) is 34.0 Å². The van der Waals surface area contributed by atoms with Gasteiger partial charge in [0.15, 0.2) is 5.16 Å². The second-order valence-corrected chi connectivity index (χ2v) is 9.32. The van der Waals surface area contributed by atoms with Crippen LogP contribution < -0.4 is 14.8 Å². The number of rotatable bonds is 8. The van der Waals surface area contributed by atoms with Crippen LogP contribution in [0.4, 0.5) is 4.79 Å². The number of methoxy groups -OCH3 is 1. The minimum Gasteiger partial charge on any atom is -0.497 e. The SMILES string of the molecule is CCCSc1nc(Oc2ccc(/C=C3/SC(=O)NC3=O)cc2)c(C#N)c(-c2ccc(OC)cc2)n1. The Kier molecular flexibility index (Phi) is 7.70. The normalized spacial score (nSPS) is 14.0. The Morgan fingerprint density at radius 1 is 1.09 bits per heavy atom. The van der Waals surface area contributed by atoms with Gasteiger partial charge < -0.3 is 9.47 Å². The van der Waals surface area contributed by atoms with E-state index in [-0.39, 0.29) is 11.4 Å². The van der Waals surface area contributed by atoms with Gasteiger partial charge in [0.25, 0.3) is 11.1 Å². The van der Waals surface area contributed by atoms with Crippen molar-refractivity contribution in [2.45, 2.75) is 18.5 Å². The van der Waals surface area contributed by atoms with E-state index in [0.29, 0.717) is 27.3 Å². The summed E-state index contributed by atoms with van der Waals surface area (Å²) >= 11 is 2.35. The predicted molar refractivity (Wildman–Crippen MR) is 135 cm³/mol. The van der Waals surface area contributed by atoms with Crippen LogP contribution in [-0.2, 0) is 4.79 Å². The molecule has 1 N–H and O–H groups in total. The zero-order chi connectivity index (χ0) is 24.8. The van der Waals surface area contributed by atoms with Gasteiger partial charge in [0, 0.05) is 11.3 Å². The number of nitriles is 1. The molecule has 1 saturated heterocycles. The number of nitrogens with one attached hydrogen (secondary N) is 1. The molecule has 0 bridgehead atoms. The molecular weight excluding hydrogens is 484 g/mol.